The third-order valence-corrected chi connectivity index (χ3v) is 4.14. The summed E-state index contributed by atoms with van der Waals surface area (Å²) in [6.45, 7) is 10.4. The van der Waals surface area contributed by atoms with E-state index >= 15 is 0 Å². The molecule has 0 N–H and O–H groups in total. The molecule has 110 valence electrons. The van der Waals surface area contributed by atoms with Crippen molar-refractivity contribution in [3.63, 3.8) is 0 Å². The van der Waals surface area contributed by atoms with Crippen LogP contribution in [0.5, 0.6) is 0 Å². The van der Waals surface area contributed by atoms with Gasteiger partial charge in [-0.25, -0.2) is 0 Å². The lowest BCUT2D eigenvalue weighted by molar-refractivity contribution is -0.251. The number of nitrogens with zero attached hydrogens (tertiary/aromatic N) is 2. The maximum atomic E-state index is 6.03. The quantitative estimate of drug-likeness (QED) is 0.581. The van der Waals surface area contributed by atoms with Gasteiger partial charge in [0.15, 0.2) is 5.79 Å². The minimum Gasteiger partial charge on any atom is -0.349 e. The van der Waals surface area contributed by atoms with Crippen molar-refractivity contribution >= 4 is 5.71 Å². The molecule has 1 saturated carbocycles. The first-order chi connectivity index (χ1) is 8.80. The molecule has 0 aromatic heterocycles. The molecule has 1 spiro atoms. The Morgan fingerprint density at radius 3 is 2.37 bits per heavy atom. The van der Waals surface area contributed by atoms with Gasteiger partial charge in [0.25, 0.3) is 0 Å². The lowest BCUT2D eigenvalue weighted by Gasteiger charge is -2.36. The lowest BCUT2D eigenvalue weighted by Crippen LogP contribution is -2.41. The van der Waals surface area contributed by atoms with Gasteiger partial charge in [-0.2, -0.15) is 5.10 Å². The van der Waals surface area contributed by atoms with Crippen LogP contribution < -0.4 is 0 Å². The first-order valence-corrected chi connectivity index (χ1v) is 7.32. The molecule has 2 atom stereocenters. The SMILES string of the molecule is CC/C(=N\N(C)C)[C@@H](C)[C@H]1CC12OCC(C)(C)CO2. The second-order valence-electron chi connectivity index (χ2n) is 6.94. The second-order valence-corrected chi connectivity index (χ2v) is 6.94. The molecule has 1 heterocycles. The zero-order valence-corrected chi connectivity index (χ0v) is 13.2. The fraction of sp³-hybridized carbons (Fsp3) is 0.933. The molecule has 2 rings (SSSR count). The van der Waals surface area contributed by atoms with E-state index in [4.69, 9.17) is 9.47 Å². The largest absolute Gasteiger partial charge is 0.349 e. The van der Waals surface area contributed by atoms with E-state index in [0.717, 1.165) is 26.1 Å². The van der Waals surface area contributed by atoms with E-state index in [9.17, 15) is 0 Å². The Morgan fingerprint density at radius 1 is 1.32 bits per heavy atom. The fourth-order valence-corrected chi connectivity index (χ4v) is 2.83. The van der Waals surface area contributed by atoms with Crippen molar-refractivity contribution in [3.8, 4) is 0 Å². The number of hydrogen-bond donors (Lipinski definition) is 0. The molecule has 4 nitrogen and oxygen atoms in total. The average Bonchev–Trinajstić information content (AvgIpc) is 3.04. The maximum absolute atomic E-state index is 6.03. The number of hydrazone groups is 1. The molecular weight excluding hydrogens is 240 g/mol. The second kappa shape index (κ2) is 5.06. The summed E-state index contributed by atoms with van der Waals surface area (Å²) < 4.78 is 12.1. The summed E-state index contributed by atoms with van der Waals surface area (Å²) in [6, 6.07) is 0. The van der Waals surface area contributed by atoms with Gasteiger partial charge in [-0.05, 0) is 6.42 Å². The first kappa shape index (κ1) is 14.8. The van der Waals surface area contributed by atoms with Crippen molar-refractivity contribution in [2.24, 2.45) is 22.4 Å². The van der Waals surface area contributed by atoms with Crippen molar-refractivity contribution in [3.05, 3.63) is 0 Å². The summed E-state index contributed by atoms with van der Waals surface area (Å²) in [5, 5.41) is 6.49. The highest BCUT2D eigenvalue weighted by Crippen LogP contribution is 2.55. The van der Waals surface area contributed by atoms with Gasteiger partial charge in [0.1, 0.15) is 0 Å². The summed E-state index contributed by atoms with van der Waals surface area (Å²) >= 11 is 0. The first-order valence-electron chi connectivity index (χ1n) is 7.32. The van der Waals surface area contributed by atoms with Crippen LogP contribution in [-0.2, 0) is 9.47 Å². The van der Waals surface area contributed by atoms with Gasteiger partial charge in [-0.1, -0.05) is 27.7 Å². The fourth-order valence-electron chi connectivity index (χ4n) is 2.83. The van der Waals surface area contributed by atoms with Crippen LogP contribution in [0.2, 0.25) is 0 Å². The van der Waals surface area contributed by atoms with Gasteiger partial charge in [0.2, 0.25) is 0 Å². The van der Waals surface area contributed by atoms with E-state index in [1.165, 1.54) is 5.71 Å². The monoisotopic (exact) mass is 268 g/mol. The minimum atomic E-state index is -0.308. The Morgan fingerprint density at radius 2 is 1.89 bits per heavy atom. The number of hydrogen-bond acceptors (Lipinski definition) is 4. The highest BCUT2D eigenvalue weighted by molar-refractivity contribution is 5.86. The smallest absolute Gasteiger partial charge is 0.172 e. The summed E-state index contributed by atoms with van der Waals surface area (Å²) in [6.07, 6.45) is 1.99. The topological polar surface area (TPSA) is 34.1 Å². The van der Waals surface area contributed by atoms with Gasteiger partial charge in [-0.15, -0.1) is 0 Å². The van der Waals surface area contributed by atoms with Crippen LogP contribution in [0.3, 0.4) is 0 Å². The van der Waals surface area contributed by atoms with E-state index in [-0.39, 0.29) is 11.2 Å². The van der Waals surface area contributed by atoms with E-state index in [1.807, 2.05) is 19.1 Å². The zero-order chi connectivity index (χ0) is 14.3. The molecule has 0 bridgehead atoms. The van der Waals surface area contributed by atoms with Crippen molar-refractivity contribution < 1.29 is 9.47 Å². The summed E-state index contributed by atoms with van der Waals surface area (Å²) in [5.41, 5.74) is 1.39. The number of rotatable bonds is 4. The van der Waals surface area contributed by atoms with E-state index in [2.05, 4.69) is 32.8 Å². The molecule has 2 fully saturated rings. The Balaban J connectivity index is 1.98. The maximum Gasteiger partial charge on any atom is 0.172 e. The van der Waals surface area contributed by atoms with E-state index < -0.39 is 0 Å². The van der Waals surface area contributed by atoms with Crippen LogP contribution in [0.1, 0.15) is 40.5 Å². The predicted molar refractivity (Wildman–Crippen MR) is 77.1 cm³/mol. The standard InChI is InChI=1S/C15H28N2O2/c1-7-13(16-17(5)6)11(2)12-8-15(12)18-9-14(3,4)10-19-15/h11-12H,7-10H2,1-6H3/b16-13+/t11-,12+/m0/s1. The van der Waals surface area contributed by atoms with Gasteiger partial charge in [-0.3, -0.25) is 0 Å². The Hall–Kier alpha value is -0.610. The van der Waals surface area contributed by atoms with Crippen molar-refractivity contribution in [2.45, 2.75) is 46.3 Å². The molecule has 0 unspecified atom stereocenters. The molecule has 1 aliphatic heterocycles. The molecule has 2 aliphatic rings. The summed E-state index contributed by atoms with van der Waals surface area (Å²) in [4.78, 5) is 0. The van der Waals surface area contributed by atoms with E-state index in [0.29, 0.717) is 11.8 Å². The van der Waals surface area contributed by atoms with Crippen LogP contribution in [0.15, 0.2) is 5.10 Å². The summed E-state index contributed by atoms with van der Waals surface area (Å²) in [5.74, 6) is 0.577. The van der Waals surface area contributed by atoms with Gasteiger partial charge >= 0.3 is 0 Å². The Bertz CT molecular complexity index is 353. The molecule has 1 saturated heterocycles. The van der Waals surface area contributed by atoms with E-state index in [1.54, 1.807) is 0 Å². The Kier molecular flexibility index (Phi) is 3.94. The van der Waals surface area contributed by atoms with Crippen LogP contribution in [-0.4, -0.2) is 43.8 Å². The molecule has 0 radical (unpaired) electrons. The zero-order valence-electron chi connectivity index (χ0n) is 13.2. The molecule has 0 aromatic carbocycles. The third kappa shape index (κ3) is 3.11. The van der Waals surface area contributed by atoms with Gasteiger partial charge < -0.3 is 14.5 Å². The number of ether oxygens (including phenoxy) is 2. The van der Waals surface area contributed by atoms with Gasteiger partial charge in [0, 0.05) is 43.5 Å². The molecule has 0 aromatic rings. The van der Waals surface area contributed by atoms with Crippen molar-refractivity contribution in [1.82, 2.24) is 5.01 Å². The van der Waals surface area contributed by atoms with Crippen LogP contribution >= 0.6 is 0 Å². The van der Waals surface area contributed by atoms with Crippen molar-refractivity contribution in [1.29, 1.82) is 0 Å². The van der Waals surface area contributed by atoms with Crippen LogP contribution in [0.25, 0.3) is 0 Å². The molecular formula is C15H28N2O2. The lowest BCUT2D eigenvalue weighted by atomic mass is 9.94. The van der Waals surface area contributed by atoms with Gasteiger partial charge in [0.05, 0.1) is 13.2 Å². The summed E-state index contributed by atoms with van der Waals surface area (Å²) in [7, 11) is 3.95. The predicted octanol–water partition coefficient (Wildman–Crippen LogP) is 2.74. The molecule has 0 amide bonds. The van der Waals surface area contributed by atoms with Crippen LogP contribution in [0, 0.1) is 17.3 Å². The third-order valence-electron chi connectivity index (χ3n) is 4.14. The molecule has 19 heavy (non-hydrogen) atoms. The highest BCUT2D eigenvalue weighted by Gasteiger charge is 2.62. The Labute approximate surface area is 117 Å². The normalized spacial score (nSPS) is 30.2. The molecule has 1 aliphatic carbocycles. The van der Waals surface area contributed by atoms with Crippen LogP contribution in [0.4, 0.5) is 0 Å². The average molecular weight is 268 g/mol. The molecule has 4 heteroatoms. The highest BCUT2D eigenvalue weighted by atomic mass is 16.7. The van der Waals surface area contributed by atoms with Crippen molar-refractivity contribution in [2.75, 3.05) is 27.3 Å². The minimum absolute atomic E-state index is 0.146.